The van der Waals surface area contributed by atoms with Crippen LogP contribution in [0.5, 0.6) is 0 Å². The highest BCUT2D eigenvalue weighted by atomic mass is 79.9. The number of carbonyl (C=O) groups is 1. The third-order valence-corrected chi connectivity index (χ3v) is 5.79. The van der Waals surface area contributed by atoms with Crippen LogP contribution >= 0.6 is 15.9 Å². The standard InChI is InChI=1S/C21H16BrN3O3/c1-2-25-17-14(9-6-10-16(17)22)21(20(25)26)15(11-12-27-21)19-23-18(24-28-19)13-7-4-3-5-8-13/h3-11H,2,12H2,1H3. The predicted octanol–water partition coefficient (Wildman–Crippen LogP) is 4.17. The Morgan fingerprint density at radius 2 is 2.00 bits per heavy atom. The molecule has 1 unspecified atom stereocenters. The van der Waals surface area contributed by atoms with Gasteiger partial charge in [0.1, 0.15) is 0 Å². The molecule has 3 heterocycles. The number of benzene rings is 2. The zero-order chi connectivity index (χ0) is 19.3. The molecular formula is C21H16BrN3O3. The van der Waals surface area contributed by atoms with Gasteiger partial charge in [-0.25, -0.2) is 0 Å². The molecule has 2 aromatic carbocycles. The largest absolute Gasteiger partial charge is 0.351 e. The third kappa shape index (κ3) is 2.26. The van der Waals surface area contributed by atoms with Crippen molar-refractivity contribution in [2.75, 3.05) is 18.1 Å². The summed E-state index contributed by atoms with van der Waals surface area (Å²) in [5, 5.41) is 4.11. The minimum atomic E-state index is -1.25. The average molecular weight is 438 g/mol. The van der Waals surface area contributed by atoms with Gasteiger partial charge in [-0.05, 0) is 35.0 Å². The number of anilines is 1. The molecule has 7 heteroatoms. The number of rotatable bonds is 3. The lowest BCUT2D eigenvalue weighted by atomic mass is 9.88. The second kappa shape index (κ2) is 6.39. The maximum atomic E-state index is 13.5. The Morgan fingerprint density at radius 1 is 1.18 bits per heavy atom. The number of likely N-dealkylation sites (N-methyl/N-ethyl adjacent to an activating group) is 1. The fourth-order valence-electron chi connectivity index (χ4n) is 3.93. The number of hydrogen-bond donors (Lipinski definition) is 0. The molecule has 1 spiro atoms. The van der Waals surface area contributed by atoms with Crippen LogP contribution in [0.25, 0.3) is 17.0 Å². The molecular weight excluding hydrogens is 422 g/mol. The summed E-state index contributed by atoms with van der Waals surface area (Å²) in [6, 6.07) is 15.3. The first-order chi connectivity index (χ1) is 13.7. The Hall–Kier alpha value is -2.77. The van der Waals surface area contributed by atoms with Crippen LogP contribution in [0.3, 0.4) is 0 Å². The van der Waals surface area contributed by atoms with Crippen molar-refractivity contribution in [2.45, 2.75) is 12.5 Å². The number of carbonyl (C=O) groups excluding carboxylic acids is 1. The van der Waals surface area contributed by atoms with Gasteiger partial charge in [-0.1, -0.05) is 47.6 Å². The van der Waals surface area contributed by atoms with Crippen molar-refractivity contribution >= 4 is 33.1 Å². The van der Waals surface area contributed by atoms with Gasteiger partial charge in [-0.3, -0.25) is 4.79 Å². The van der Waals surface area contributed by atoms with Crippen LogP contribution in [0.15, 0.2) is 63.6 Å². The number of halogens is 1. The fraction of sp³-hybridized carbons (Fsp3) is 0.190. The average Bonchev–Trinajstić information content (AvgIpc) is 3.42. The minimum Gasteiger partial charge on any atom is -0.351 e. The number of hydrogen-bond acceptors (Lipinski definition) is 5. The molecule has 28 heavy (non-hydrogen) atoms. The van der Waals surface area contributed by atoms with Crippen LogP contribution in [0, 0.1) is 0 Å². The molecule has 0 N–H and O–H groups in total. The molecule has 0 radical (unpaired) electrons. The third-order valence-electron chi connectivity index (χ3n) is 5.15. The van der Waals surface area contributed by atoms with E-state index in [1.165, 1.54) is 0 Å². The Kier molecular flexibility index (Phi) is 3.96. The summed E-state index contributed by atoms with van der Waals surface area (Å²) in [6.45, 7) is 2.78. The summed E-state index contributed by atoms with van der Waals surface area (Å²) >= 11 is 3.58. The van der Waals surface area contributed by atoms with Crippen LogP contribution in [0.1, 0.15) is 18.4 Å². The van der Waals surface area contributed by atoms with Crippen molar-refractivity contribution in [3.05, 3.63) is 70.5 Å². The molecule has 0 aliphatic carbocycles. The zero-order valence-electron chi connectivity index (χ0n) is 15.1. The molecule has 0 saturated carbocycles. The molecule has 2 aliphatic heterocycles. The van der Waals surface area contributed by atoms with Gasteiger partial charge in [0.2, 0.25) is 11.4 Å². The molecule has 3 aromatic rings. The van der Waals surface area contributed by atoms with Crippen molar-refractivity contribution < 1.29 is 14.1 Å². The summed E-state index contributed by atoms with van der Waals surface area (Å²) in [7, 11) is 0. The SMILES string of the molecule is CCN1C(=O)C2(OCC=C2c2nc(-c3ccccc3)no2)c2cccc(Br)c21. The number of para-hydroxylation sites is 1. The first kappa shape index (κ1) is 17.3. The molecule has 0 bridgehead atoms. The van der Waals surface area contributed by atoms with Gasteiger partial charge >= 0.3 is 0 Å². The van der Waals surface area contributed by atoms with Gasteiger partial charge in [0.15, 0.2) is 0 Å². The van der Waals surface area contributed by atoms with Crippen LogP contribution < -0.4 is 4.90 Å². The first-order valence-corrected chi connectivity index (χ1v) is 9.81. The second-order valence-electron chi connectivity index (χ2n) is 6.58. The van der Waals surface area contributed by atoms with Gasteiger partial charge in [0, 0.05) is 22.1 Å². The van der Waals surface area contributed by atoms with Crippen molar-refractivity contribution in [1.82, 2.24) is 10.1 Å². The lowest BCUT2D eigenvalue weighted by Crippen LogP contribution is -2.41. The summed E-state index contributed by atoms with van der Waals surface area (Å²) in [5.41, 5.74) is 1.81. The van der Waals surface area contributed by atoms with Crippen molar-refractivity contribution in [1.29, 1.82) is 0 Å². The smallest absolute Gasteiger partial charge is 0.268 e. The summed E-state index contributed by atoms with van der Waals surface area (Å²) in [5.74, 6) is 0.638. The quantitative estimate of drug-likeness (QED) is 0.614. The van der Waals surface area contributed by atoms with E-state index in [4.69, 9.17) is 9.26 Å². The van der Waals surface area contributed by atoms with E-state index in [1.54, 1.807) is 4.90 Å². The molecule has 2 aliphatic rings. The maximum absolute atomic E-state index is 13.5. The normalized spacial score (nSPS) is 20.7. The van der Waals surface area contributed by atoms with E-state index in [0.717, 1.165) is 21.3 Å². The van der Waals surface area contributed by atoms with E-state index in [-0.39, 0.29) is 5.91 Å². The number of aromatic nitrogens is 2. The number of fused-ring (bicyclic) bond motifs is 2. The van der Waals surface area contributed by atoms with E-state index in [9.17, 15) is 4.79 Å². The van der Waals surface area contributed by atoms with E-state index in [1.807, 2.05) is 61.5 Å². The molecule has 0 fully saturated rings. The van der Waals surface area contributed by atoms with Crippen LogP contribution in [0.4, 0.5) is 5.69 Å². The van der Waals surface area contributed by atoms with Crippen molar-refractivity contribution in [3.8, 4) is 11.4 Å². The molecule has 0 saturated heterocycles. The molecule has 1 aromatic heterocycles. The Morgan fingerprint density at radius 3 is 2.79 bits per heavy atom. The highest BCUT2D eigenvalue weighted by Gasteiger charge is 2.58. The van der Waals surface area contributed by atoms with Crippen molar-refractivity contribution in [2.24, 2.45) is 0 Å². The monoisotopic (exact) mass is 437 g/mol. The lowest BCUT2D eigenvalue weighted by Gasteiger charge is -2.24. The summed E-state index contributed by atoms with van der Waals surface area (Å²) < 4.78 is 12.5. The fourth-order valence-corrected chi connectivity index (χ4v) is 4.51. The van der Waals surface area contributed by atoms with Crippen molar-refractivity contribution in [3.63, 3.8) is 0 Å². The van der Waals surface area contributed by atoms with E-state index in [2.05, 4.69) is 26.1 Å². The molecule has 6 nitrogen and oxygen atoms in total. The topological polar surface area (TPSA) is 68.5 Å². The van der Waals surface area contributed by atoms with Gasteiger partial charge < -0.3 is 14.2 Å². The zero-order valence-corrected chi connectivity index (χ0v) is 16.6. The van der Waals surface area contributed by atoms with Gasteiger partial charge in [0.05, 0.1) is 17.9 Å². The lowest BCUT2D eigenvalue weighted by molar-refractivity contribution is -0.133. The summed E-state index contributed by atoms with van der Waals surface area (Å²) in [6.07, 6.45) is 1.85. The Labute approximate surface area is 169 Å². The Balaban J connectivity index is 1.65. The van der Waals surface area contributed by atoms with E-state index >= 15 is 0 Å². The minimum absolute atomic E-state index is 0.139. The molecule has 1 atom stereocenters. The van der Waals surface area contributed by atoms with Gasteiger partial charge in [-0.15, -0.1) is 0 Å². The number of amides is 1. The maximum Gasteiger partial charge on any atom is 0.268 e. The molecule has 1 amide bonds. The van der Waals surface area contributed by atoms with Gasteiger partial charge in [-0.2, -0.15) is 4.98 Å². The van der Waals surface area contributed by atoms with E-state index < -0.39 is 5.60 Å². The number of nitrogens with zero attached hydrogens (tertiary/aromatic N) is 3. The van der Waals surface area contributed by atoms with Gasteiger partial charge in [0.25, 0.3) is 11.8 Å². The molecule has 5 rings (SSSR count). The van der Waals surface area contributed by atoms with E-state index in [0.29, 0.717) is 30.4 Å². The predicted molar refractivity (Wildman–Crippen MR) is 108 cm³/mol. The highest BCUT2D eigenvalue weighted by molar-refractivity contribution is 9.10. The number of ether oxygens (including phenoxy) is 1. The van der Waals surface area contributed by atoms with Crippen LogP contribution in [0.2, 0.25) is 0 Å². The first-order valence-electron chi connectivity index (χ1n) is 9.02. The second-order valence-corrected chi connectivity index (χ2v) is 7.44. The summed E-state index contributed by atoms with van der Waals surface area (Å²) in [4.78, 5) is 19.8. The Bertz CT molecular complexity index is 1110. The molecule has 140 valence electrons. The highest BCUT2D eigenvalue weighted by Crippen LogP contribution is 2.54. The van der Waals surface area contributed by atoms with Crippen LogP contribution in [-0.2, 0) is 15.1 Å². The van der Waals surface area contributed by atoms with Crippen LogP contribution in [-0.4, -0.2) is 29.2 Å².